The molecule has 0 saturated carbocycles. The minimum atomic E-state index is -0.728. The molecule has 2 aromatic heterocycles. The number of pyridine rings is 1. The second-order valence-corrected chi connectivity index (χ2v) is 10.5. The number of esters is 2. The fourth-order valence-corrected chi connectivity index (χ4v) is 3.31. The van der Waals surface area contributed by atoms with Crippen molar-refractivity contribution in [2.45, 2.75) is 66.1 Å². The number of aryl methyl sites for hydroxylation is 1. The summed E-state index contributed by atoms with van der Waals surface area (Å²) in [5.41, 5.74) is 6.64. The molecule has 12 heteroatoms. The van der Waals surface area contributed by atoms with Crippen molar-refractivity contribution in [3.63, 3.8) is 0 Å². The van der Waals surface area contributed by atoms with Crippen molar-refractivity contribution in [1.82, 2.24) is 19.9 Å². The minimum absolute atomic E-state index is 0.0293. The Kier molecular flexibility index (Phi) is 8.04. The van der Waals surface area contributed by atoms with Crippen LogP contribution in [0.1, 0.15) is 63.2 Å². The van der Waals surface area contributed by atoms with Crippen LogP contribution < -0.4 is 15.8 Å². The van der Waals surface area contributed by atoms with Gasteiger partial charge < -0.3 is 19.9 Å². The van der Waals surface area contributed by atoms with E-state index in [1.807, 2.05) is 0 Å². The van der Waals surface area contributed by atoms with Crippen molar-refractivity contribution in [3.8, 4) is 5.75 Å². The number of benzene rings is 1. The van der Waals surface area contributed by atoms with Crippen LogP contribution in [-0.4, -0.2) is 49.8 Å². The van der Waals surface area contributed by atoms with E-state index in [2.05, 4.69) is 20.4 Å². The quantitative estimate of drug-likeness (QED) is 0.289. The van der Waals surface area contributed by atoms with Crippen molar-refractivity contribution in [3.05, 3.63) is 53.5 Å². The van der Waals surface area contributed by atoms with E-state index < -0.39 is 29.2 Å². The lowest BCUT2D eigenvalue weighted by atomic mass is 10.1. The maximum Gasteiger partial charge on any atom is 0.414 e. The van der Waals surface area contributed by atoms with Gasteiger partial charge in [-0.3, -0.25) is 10.1 Å². The van der Waals surface area contributed by atoms with Gasteiger partial charge in [0.25, 0.3) is 0 Å². The Morgan fingerprint density at radius 3 is 2.34 bits per heavy atom. The highest BCUT2D eigenvalue weighted by Crippen LogP contribution is 2.24. The molecule has 0 bridgehead atoms. The van der Waals surface area contributed by atoms with E-state index >= 15 is 0 Å². The van der Waals surface area contributed by atoms with Crippen molar-refractivity contribution in [1.29, 1.82) is 0 Å². The van der Waals surface area contributed by atoms with Crippen LogP contribution in [0.15, 0.2) is 41.7 Å². The summed E-state index contributed by atoms with van der Waals surface area (Å²) in [6.07, 6.45) is 0.546. The number of amides is 1. The number of hydrogen-bond acceptors (Lipinski definition) is 9. The van der Waals surface area contributed by atoms with Crippen LogP contribution in [0.3, 0.4) is 0 Å². The molecule has 0 spiro atoms. The van der Waals surface area contributed by atoms with Crippen LogP contribution in [0, 0.1) is 6.92 Å². The number of aromatic nitrogens is 3. The van der Waals surface area contributed by atoms with Gasteiger partial charge in [-0.2, -0.15) is 5.10 Å². The van der Waals surface area contributed by atoms with Gasteiger partial charge in [-0.25, -0.2) is 24.1 Å². The highest BCUT2D eigenvalue weighted by atomic mass is 16.6. The van der Waals surface area contributed by atoms with E-state index in [1.165, 1.54) is 16.9 Å². The monoisotopic (exact) mass is 524 g/mol. The lowest BCUT2D eigenvalue weighted by Crippen LogP contribution is -2.40. The summed E-state index contributed by atoms with van der Waals surface area (Å²) in [7, 11) is 0. The van der Waals surface area contributed by atoms with Gasteiger partial charge in [0.05, 0.1) is 23.4 Å². The van der Waals surface area contributed by atoms with Crippen LogP contribution >= 0.6 is 0 Å². The first-order valence-corrected chi connectivity index (χ1v) is 11.8. The van der Waals surface area contributed by atoms with Gasteiger partial charge in [0, 0.05) is 0 Å². The normalized spacial score (nSPS) is 12.2. The fourth-order valence-electron chi connectivity index (χ4n) is 3.31. The third-order valence-electron chi connectivity index (χ3n) is 4.72. The molecule has 0 unspecified atom stereocenters. The highest BCUT2D eigenvalue weighted by molar-refractivity contribution is 5.95. The number of nitrogens with zero attached hydrogens (tertiary/aromatic N) is 4. The second kappa shape index (κ2) is 10.9. The Labute approximate surface area is 220 Å². The number of nitrogens with one attached hydrogen (secondary N) is 1. The van der Waals surface area contributed by atoms with Gasteiger partial charge in [-0.1, -0.05) is 0 Å². The first-order valence-electron chi connectivity index (χ1n) is 11.8. The minimum Gasteiger partial charge on any atom is -0.460 e. The fraction of sp³-hybridized carbons (Fsp3) is 0.385. The summed E-state index contributed by atoms with van der Waals surface area (Å²) in [5.74, 6) is -1.03. The molecule has 0 radical (unpaired) electrons. The largest absolute Gasteiger partial charge is 0.460 e. The van der Waals surface area contributed by atoms with E-state index in [4.69, 9.17) is 19.9 Å². The highest BCUT2D eigenvalue weighted by Gasteiger charge is 2.20. The van der Waals surface area contributed by atoms with Crippen LogP contribution in [0.5, 0.6) is 5.75 Å². The van der Waals surface area contributed by atoms with Crippen molar-refractivity contribution < 1.29 is 28.6 Å². The topological polar surface area (TPSA) is 159 Å². The van der Waals surface area contributed by atoms with Crippen molar-refractivity contribution in [2.75, 3.05) is 0 Å². The molecule has 3 aromatic rings. The number of guanidine groups is 1. The predicted octanol–water partition coefficient (Wildman–Crippen LogP) is 3.61. The maximum atomic E-state index is 12.9. The number of nitrogens with two attached hydrogens (primary N) is 1. The number of hydrogen-bond donors (Lipinski definition) is 2. The van der Waals surface area contributed by atoms with Gasteiger partial charge in [-0.15, -0.1) is 0 Å². The zero-order chi connectivity index (χ0) is 28.3. The molecule has 38 heavy (non-hydrogen) atoms. The third kappa shape index (κ3) is 7.76. The lowest BCUT2D eigenvalue weighted by Gasteiger charge is -2.19. The number of rotatable bonds is 5. The predicted molar refractivity (Wildman–Crippen MR) is 139 cm³/mol. The number of carbonyl (C=O) groups is 3. The molecule has 0 aliphatic carbocycles. The molecule has 2 heterocycles. The van der Waals surface area contributed by atoms with E-state index in [-0.39, 0.29) is 29.3 Å². The molecule has 0 saturated heterocycles. The van der Waals surface area contributed by atoms with E-state index in [0.717, 1.165) is 0 Å². The third-order valence-corrected chi connectivity index (χ3v) is 4.72. The van der Waals surface area contributed by atoms with Crippen LogP contribution in [0.25, 0.3) is 5.65 Å². The number of alkyl carbamates (subject to hydrolysis) is 1. The average molecular weight is 525 g/mol. The molecular weight excluding hydrogens is 492 g/mol. The first kappa shape index (κ1) is 28.1. The lowest BCUT2D eigenvalue weighted by molar-refractivity contribution is -0.154. The zero-order valence-corrected chi connectivity index (χ0v) is 22.5. The first-order chi connectivity index (χ1) is 17.6. The summed E-state index contributed by atoms with van der Waals surface area (Å²) in [4.78, 5) is 45.3. The molecule has 0 fully saturated rings. The van der Waals surface area contributed by atoms with Crippen molar-refractivity contribution >= 4 is 35.3 Å². The average Bonchev–Trinajstić information content (AvgIpc) is 3.24. The SMILES string of the molecule is Cc1cc(C(=O)Oc2ccc(CC(=O)OC(C)(C)C)n3ncnc23)ccc1N=C(N)NC(=O)OC(C)(C)C. The molecular formula is C26H32N6O6. The Morgan fingerprint density at radius 1 is 1.03 bits per heavy atom. The summed E-state index contributed by atoms with van der Waals surface area (Å²) < 4.78 is 17.5. The Morgan fingerprint density at radius 2 is 1.71 bits per heavy atom. The van der Waals surface area contributed by atoms with Gasteiger partial charge in [-0.05, 0) is 84.4 Å². The van der Waals surface area contributed by atoms with Gasteiger partial charge in [0.15, 0.2) is 11.4 Å². The molecule has 1 aromatic carbocycles. The molecule has 3 rings (SSSR count). The van der Waals surface area contributed by atoms with Crippen LogP contribution in [0.2, 0.25) is 0 Å². The van der Waals surface area contributed by atoms with E-state index in [9.17, 15) is 14.4 Å². The maximum absolute atomic E-state index is 12.9. The van der Waals surface area contributed by atoms with Gasteiger partial charge in [0.2, 0.25) is 5.96 Å². The standard InChI is InChI=1S/C26H32N6O6/c1-15-12-16(8-10-18(15)30-23(27)31-24(35)38-26(5,6)7)22(34)36-19-11-9-17(32-21(19)28-14-29-32)13-20(33)37-25(2,3)4/h8-12,14H,13H2,1-7H3,(H3,27,30,31,35). The molecule has 0 aliphatic heterocycles. The Bertz CT molecular complexity index is 1400. The van der Waals surface area contributed by atoms with Crippen LogP contribution in [-0.2, 0) is 20.7 Å². The zero-order valence-electron chi connectivity index (χ0n) is 22.5. The molecule has 12 nitrogen and oxygen atoms in total. The van der Waals surface area contributed by atoms with Gasteiger partial charge >= 0.3 is 18.0 Å². The summed E-state index contributed by atoms with van der Waals surface area (Å²) >= 11 is 0. The summed E-state index contributed by atoms with van der Waals surface area (Å²) in [5, 5.41) is 6.50. The Hall–Kier alpha value is -4.48. The van der Waals surface area contributed by atoms with E-state index in [1.54, 1.807) is 72.7 Å². The molecule has 202 valence electrons. The molecule has 0 atom stereocenters. The number of ether oxygens (including phenoxy) is 3. The van der Waals surface area contributed by atoms with E-state index in [0.29, 0.717) is 16.9 Å². The Balaban J connectivity index is 1.73. The number of aliphatic imine (C=N–C) groups is 1. The molecule has 3 N–H and O–H groups in total. The second-order valence-electron chi connectivity index (χ2n) is 10.5. The number of carbonyl (C=O) groups excluding carboxylic acids is 3. The smallest absolute Gasteiger partial charge is 0.414 e. The molecule has 1 amide bonds. The number of fused-ring (bicyclic) bond motifs is 1. The van der Waals surface area contributed by atoms with Gasteiger partial charge in [0.1, 0.15) is 17.5 Å². The molecule has 0 aliphatic rings. The van der Waals surface area contributed by atoms with Crippen molar-refractivity contribution in [2.24, 2.45) is 10.7 Å². The van der Waals surface area contributed by atoms with Crippen LogP contribution in [0.4, 0.5) is 10.5 Å². The summed E-state index contributed by atoms with van der Waals surface area (Å²) in [6, 6.07) is 7.85. The summed E-state index contributed by atoms with van der Waals surface area (Å²) in [6.45, 7) is 12.3.